The summed E-state index contributed by atoms with van der Waals surface area (Å²) in [4.78, 5) is 41.8. The fourth-order valence-electron chi connectivity index (χ4n) is 3.61. The number of nitrogens with one attached hydrogen (secondary N) is 1. The third-order valence-corrected chi connectivity index (χ3v) is 5.57. The number of halogens is 4. The molecule has 212 valence electrons. The van der Waals surface area contributed by atoms with Gasteiger partial charge in [-0.05, 0) is 53.9 Å². The first-order valence-corrected chi connectivity index (χ1v) is 12.6. The molecule has 1 N–H and O–H groups in total. The van der Waals surface area contributed by atoms with Crippen LogP contribution in [-0.4, -0.2) is 53.6 Å². The number of aromatic nitrogens is 1. The lowest BCUT2D eigenvalue weighted by Crippen LogP contribution is -2.33. The standard InChI is InChI=1S/C28H27ClF3N3O5/c1-18(2)16-35(17-19-3-5-20(6-4-19)26(37)40-27(38)28(30,31)32)25(36)21-13-22(29)15-24(14-21)39-12-11-34-23-7-9-33-10-8-23/h3-10,13-15,18H,11-12,16-17H2,1-2H3,(H,33,34). The Bertz CT molecular complexity index is 1320. The van der Waals surface area contributed by atoms with Crippen molar-refractivity contribution in [2.24, 2.45) is 5.92 Å². The third kappa shape index (κ3) is 9.26. The molecule has 1 amide bonds. The molecule has 0 fully saturated rings. The summed E-state index contributed by atoms with van der Waals surface area (Å²) in [5, 5.41) is 3.51. The maximum Gasteiger partial charge on any atom is 0.491 e. The zero-order valence-electron chi connectivity index (χ0n) is 21.7. The monoisotopic (exact) mass is 577 g/mol. The fourth-order valence-corrected chi connectivity index (χ4v) is 3.84. The number of amides is 1. The zero-order valence-corrected chi connectivity index (χ0v) is 22.5. The first-order chi connectivity index (χ1) is 18.9. The van der Waals surface area contributed by atoms with E-state index in [1.165, 1.54) is 30.3 Å². The number of carbonyl (C=O) groups is 3. The van der Waals surface area contributed by atoms with Gasteiger partial charge in [0.1, 0.15) is 12.4 Å². The number of carbonyl (C=O) groups excluding carboxylic acids is 3. The van der Waals surface area contributed by atoms with Crippen LogP contribution in [0.2, 0.25) is 5.02 Å². The second-order valence-corrected chi connectivity index (χ2v) is 9.57. The van der Waals surface area contributed by atoms with E-state index >= 15 is 0 Å². The predicted octanol–water partition coefficient (Wildman–Crippen LogP) is 5.77. The van der Waals surface area contributed by atoms with Crippen molar-refractivity contribution in [3.8, 4) is 5.75 Å². The minimum atomic E-state index is -5.28. The fraction of sp³-hybridized carbons (Fsp3) is 0.286. The summed E-state index contributed by atoms with van der Waals surface area (Å²) in [5.41, 5.74) is 1.58. The van der Waals surface area contributed by atoms with E-state index < -0.39 is 18.1 Å². The topological polar surface area (TPSA) is 97.8 Å². The van der Waals surface area contributed by atoms with Gasteiger partial charge in [-0.15, -0.1) is 0 Å². The SMILES string of the molecule is CC(C)CN(Cc1ccc(C(=O)OC(=O)C(F)(F)F)cc1)C(=O)c1cc(Cl)cc(OCCNc2ccncc2)c1. The van der Waals surface area contributed by atoms with E-state index in [0.29, 0.717) is 41.6 Å². The summed E-state index contributed by atoms with van der Waals surface area (Å²) >= 11 is 6.27. The smallest absolute Gasteiger partial charge is 0.491 e. The predicted molar refractivity (Wildman–Crippen MR) is 142 cm³/mol. The molecule has 8 nitrogen and oxygen atoms in total. The number of rotatable bonds is 11. The minimum absolute atomic E-state index is 0.112. The lowest BCUT2D eigenvalue weighted by molar-refractivity contribution is -0.193. The van der Waals surface area contributed by atoms with Crippen LogP contribution in [0, 0.1) is 5.92 Å². The van der Waals surface area contributed by atoms with Crippen LogP contribution in [0.5, 0.6) is 5.75 Å². The molecule has 40 heavy (non-hydrogen) atoms. The van der Waals surface area contributed by atoms with Gasteiger partial charge in [-0.25, -0.2) is 9.59 Å². The van der Waals surface area contributed by atoms with Gasteiger partial charge in [0.05, 0.1) is 5.56 Å². The van der Waals surface area contributed by atoms with E-state index in [-0.39, 0.29) is 23.9 Å². The number of hydrogen-bond donors (Lipinski definition) is 1. The molecule has 0 atom stereocenters. The molecule has 2 aromatic carbocycles. The highest BCUT2D eigenvalue weighted by Gasteiger charge is 2.42. The van der Waals surface area contributed by atoms with Crippen molar-refractivity contribution in [1.29, 1.82) is 0 Å². The van der Waals surface area contributed by atoms with Crippen LogP contribution in [0.1, 0.15) is 40.1 Å². The Morgan fingerprint density at radius 1 is 1.00 bits per heavy atom. The molecular formula is C28H27ClF3N3O5. The molecule has 1 heterocycles. The highest BCUT2D eigenvalue weighted by atomic mass is 35.5. The summed E-state index contributed by atoms with van der Waals surface area (Å²) in [6, 6.07) is 13.8. The van der Waals surface area contributed by atoms with E-state index in [4.69, 9.17) is 16.3 Å². The van der Waals surface area contributed by atoms with Gasteiger partial charge in [-0.3, -0.25) is 9.78 Å². The molecule has 0 spiro atoms. The van der Waals surface area contributed by atoms with Gasteiger partial charge in [-0.1, -0.05) is 37.6 Å². The Morgan fingerprint density at radius 3 is 2.30 bits per heavy atom. The van der Waals surface area contributed by atoms with Gasteiger partial charge in [0.2, 0.25) is 0 Å². The van der Waals surface area contributed by atoms with Crippen LogP contribution in [0.25, 0.3) is 0 Å². The van der Waals surface area contributed by atoms with Gasteiger partial charge in [0.25, 0.3) is 5.91 Å². The molecule has 12 heteroatoms. The summed E-state index contributed by atoms with van der Waals surface area (Å²) < 4.78 is 46.7. The summed E-state index contributed by atoms with van der Waals surface area (Å²) in [6.07, 6.45) is -1.94. The molecule has 0 bridgehead atoms. The number of benzene rings is 2. The lowest BCUT2D eigenvalue weighted by Gasteiger charge is -2.25. The number of ether oxygens (including phenoxy) is 2. The highest BCUT2D eigenvalue weighted by Crippen LogP contribution is 2.24. The Morgan fingerprint density at radius 2 is 1.68 bits per heavy atom. The average Bonchev–Trinajstić information content (AvgIpc) is 2.90. The molecule has 3 aromatic rings. The summed E-state index contributed by atoms with van der Waals surface area (Å²) in [5.74, 6) is -3.79. The van der Waals surface area contributed by atoms with Crippen molar-refractivity contribution in [1.82, 2.24) is 9.88 Å². The number of hydrogen-bond acceptors (Lipinski definition) is 7. The maximum absolute atomic E-state index is 13.5. The second-order valence-electron chi connectivity index (χ2n) is 9.14. The van der Waals surface area contributed by atoms with Crippen LogP contribution in [0.15, 0.2) is 67.0 Å². The van der Waals surface area contributed by atoms with Crippen LogP contribution >= 0.6 is 11.6 Å². The number of anilines is 1. The van der Waals surface area contributed by atoms with Gasteiger partial charge in [-0.2, -0.15) is 13.2 Å². The average molecular weight is 578 g/mol. The second kappa shape index (κ2) is 13.8. The number of esters is 2. The molecule has 1 aromatic heterocycles. The molecular weight excluding hydrogens is 551 g/mol. The van der Waals surface area contributed by atoms with Crippen molar-refractivity contribution in [2.75, 3.05) is 25.0 Å². The molecule has 0 radical (unpaired) electrons. The van der Waals surface area contributed by atoms with Crippen LogP contribution in [-0.2, 0) is 16.1 Å². The van der Waals surface area contributed by atoms with Crippen LogP contribution in [0.4, 0.5) is 18.9 Å². The van der Waals surface area contributed by atoms with Crippen molar-refractivity contribution in [3.05, 3.63) is 88.7 Å². The highest BCUT2D eigenvalue weighted by molar-refractivity contribution is 6.31. The lowest BCUT2D eigenvalue weighted by atomic mass is 10.1. The maximum atomic E-state index is 13.5. The Kier molecular flexibility index (Phi) is 10.5. The number of nitrogens with zero attached hydrogens (tertiary/aromatic N) is 2. The van der Waals surface area contributed by atoms with E-state index in [0.717, 1.165) is 5.69 Å². The van der Waals surface area contributed by atoms with E-state index in [9.17, 15) is 27.6 Å². The first-order valence-electron chi connectivity index (χ1n) is 12.2. The Hall–Kier alpha value is -4.12. The largest absolute Gasteiger partial charge is 0.492 e. The van der Waals surface area contributed by atoms with Crippen LogP contribution < -0.4 is 10.1 Å². The van der Waals surface area contributed by atoms with Crippen molar-refractivity contribution in [2.45, 2.75) is 26.6 Å². The number of pyridine rings is 1. The molecule has 0 aliphatic rings. The van der Waals surface area contributed by atoms with Gasteiger partial charge in [0.15, 0.2) is 0 Å². The summed E-state index contributed by atoms with van der Waals surface area (Å²) in [6.45, 7) is 5.24. The molecule has 0 unspecified atom stereocenters. The molecule has 0 saturated carbocycles. The molecule has 0 aliphatic heterocycles. The van der Waals surface area contributed by atoms with Gasteiger partial charge >= 0.3 is 18.1 Å². The third-order valence-electron chi connectivity index (χ3n) is 5.35. The van der Waals surface area contributed by atoms with E-state index in [1.807, 2.05) is 26.0 Å². The van der Waals surface area contributed by atoms with Crippen molar-refractivity contribution >= 4 is 35.1 Å². The molecule has 0 saturated heterocycles. The Balaban J connectivity index is 1.67. The number of alkyl halides is 3. The van der Waals surface area contributed by atoms with E-state index in [1.54, 1.807) is 29.4 Å². The molecule has 3 rings (SSSR count). The molecule has 0 aliphatic carbocycles. The summed E-state index contributed by atoms with van der Waals surface area (Å²) in [7, 11) is 0. The quantitative estimate of drug-likeness (QED) is 0.175. The van der Waals surface area contributed by atoms with Gasteiger partial charge in [0, 0.05) is 48.3 Å². The Labute approximate surface area is 234 Å². The van der Waals surface area contributed by atoms with E-state index in [2.05, 4.69) is 15.0 Å². The zero-order chi connectivity index (χ0) is 29.3. The van der Waals surface area contributed by atoms with Crippen LogP contribution in [0.3, 0.4) is 0 Å². The van der Waals surface area contributed by atoms with Gasteiger partial charge < -0.3 is 19.7 Å². The van der Waals surface area contributed by atoms with Crippen molar-refractivity contribution < 1.29 is 37.0 Å². The van der Waals surface area contributed by atoms with Crippen molar-refractivity contribution in [3.63, 3.8) is 0 Å². The normalized spacial score (nSPS) is 11.2. The minimum Gasteiger partial charge on any atom is -0.492 e. The first kappa shape index (κ1) is 30.4.